The highest BCUT2D eigenvalue weighted by Crippen LogP contribution is 2.19. The molecule has 3 heteroatoms. The van der Waals surface area contributed by atoms with Gasteiger partial charge in [-0.05, 0) is 31.5 Å². The van der Waals surface area contributed by atoms with E-state index in [-0.39, 0.29) is 6.04 Å². The summed E-state index contributed by atoms with van der Waals surface area (Å²) in [7, 11) is 0. The molecule has 1 unspecified atom stereocenters. The van der Waals surface area contributed by atoms with Crippen molar-refractivity contribution in [3.05, 3.63) is 35.9 Å². The first kappa shape index (κ1) is 10.9. The number of aryl methyl sites for hydroxylation is 1. The van der Waals surface area contributed by atoms with Crippen LogP contribution in [0.5, 0.6) is 0 Å². The molecule has 0 radical (unpaired) electrons. The minimum absolute atomic E-state index is 0.243. The lowest BCUT2D eigenvalue weighted by Crippen LogP contribution is -2.26. The fraction of sp³-hybridized carbons (Fsp3) is 0.308. The molecule has 0 spiro atoms. The fourth-order valence-corrected chi connectivity index (χ4v) is 1.66. The van der Waals surface area contributed by atoms with Crippen molar-refractivity contribution in [2.75, 3.05) is 11.9 Å². The van der Waals surface area contributed by atoms with Gasteiger partial charge in [-0.3, -0.25) is 0 Å². The number of rotatable bonds is 3. The number of nitrogens with two attached hydrogens (primary N) is 1. The van der Waals surface area contributed by atoms with E-state index in [1.807, 2.05) is 18.2 Å². The molecule has 3 N–H and O–H groups in total. The van der Waals surface area contributed by atoms with E-state index in [0.717, 1.165) is 16.9 Å². The van der Waals surface area contributed by atoms with Crippen LogP contribution in [0.2, 0.25) is 0 Å². The third-order valence-corrected chi connectivity index (χ3v) is 2.65. The fourth-order valence-electron chi connectivity index (χ4n) is 1.66. The number of nitrogens with one attached hydrogen (secondary N) is 1. The highest BCUT2D eigenvalue weighted by Gasteiger charge is 2.05. The van der Waals surface area contributed by atoms with Gasteiger partial charge in [-0.2, -0.15) is 0 Å². The summed E-state index contributed by atoms with van der Waals surface area (Å²) in [5, 5.41) is 4.49. The Hall–Kier alpha value is -1.61. The molecule has 0 fully saturated rings. The zero-order valence-corrected chi connectivity index (χ0v) is 9.70. The van der Waals surface area contributed by atoms with Gasteiger partial charge < -0.3 is 11.1 Å². The molecule has 1 atom stereocenters. The third-order valence-electron chi connectivity index (χ3n) is 2.65. The molecular formula is C13H17N3. The first-order valence-corrected chi connectivity index (χ1v) is 5.53. The van der Waals surface area contributed by atoms with E-state index >= 15 is 0 Å². The van der Waals surface area contributed by atoms with Gasteiger partial charge in [-0.15, -0.1) is 0 Å². The Morgan fingerprint density at radius 3 is 2.88 bits per heavy atom. The van der Waals surface area contributed by atoms with Crippen LogP contribution in [0.3, 0.4) is 0 Å². The van der Waals surface area contributed by atoms with Crippen molar-refractivity contribution in [1.82, 2.24) is 4.98 Å². The molecule has 1 heterocycles. The molecule has 1 aromatic carbocycles. The molecule has 3 nitrogen and oxygen atoms in total. The van der Waals surface area contributed by atoms with Crippen molar-refractivity contribution in [3.63, 3.8) is 0 Å². The molecule has 2 aromatic rings. The normalized spacial score (nSPS) is 12.7. The number of para-hydroxylation sites is 1. The van der Waals surface area contributed by atoms with Gasteiger partial charge in [0.25, 0.3) is 0 Å². The minimum atomic E-state index is 0.243. The molecule has 2 rings (SSSR count). The number of hydrogen-bond donors (Lipinski definition) is 2. The van der Waals surface area contributed by atoms with Crippen LogP contribution in [-0.2, 0) is 0 Å². The molecule has 0 aliphatic rings. The smallest absolute Gasteiger partial charge is 0.129 e. The first-order valence-electron chi connectivity index (χ1n) is 5.53. The van der Waals surface area contributed by atoms with Crippen molar-refractivity contribution < 1.29 is 0 Å². The number of hydrogen-bond acceptors (Lipinski definition) is 3. The second-order valence-corrected chi connectivity index (χ2v) is 4.13. The Morgan fingerprint density at radius 1 is 1.38 bits per heavy atom. The SMILES string of the molecule is Cc1cc2ccccc2nc1NC(C)CN. The van der Waals surface area contributed by atoms with Crippen LogP contribution in [0.25, 0.3) is 10.9 Å². The van der Waals surface area contributed by atoms with Crippen LogP contribution < -0.4 is 11.1 Å². The molecule has 1 aromatic heterocycles. The number of anilines is 1. The lowest BCUT2D eigenvalue weighted by molar-refractivity contribution is 0.798. The monoisotopic (exact) mass is 215 g/mol. The van der Waals surface area contributed by atoms with Crippen LogP contribution in [0.4, 0.5) is 5.82 Å². The van der Waals surface area contributed by atoms with E-state index in [1.165, 1.54) is 5.39 Å². The number of fused-ring (bicyclic) bond motifs is 1. The highest BCUT2D eigenvalue weighted by molar-refractivity contribution is 5.81. The summed E-state index contributed by atoms with van der Waals surface area (Å²) >= 11 is 0. The Balaban J connectivity index is 2.42. The Morgan fingerprint density at radius 2 is 2.12 bits per heavy atom. The Bertz CT molecular complexity index is 494. The predicted molar refractivity (Wildman–Crippen MR) is 68.6 cm³/mol. The Labute approximate surface area is 95.7 Å². The van der Waals surface area contributed by atoms with Gasteiger partial charge in [0.1, 0.15) is 5.82 Å². The van der Waals surface area contributed by atoms with Gasteiger partial charge in [0, 0.05) is 18.0 Å². The topological polar surface area (TPSA) is 50.9 Å². The number of aromatic nitrogens is 1. The maximum Gasteiger partial charge on any atom is 0.129 e. The predicted octanol–water partition coefficient (Wildman–Crippen LogP) is 2.30. The van der Waals surface area contributed by atoms with Crippen LogP contribution in [0.15, 0.2) is 30.3 Å². The van der Waals surface area contributed by atoms with Crippen molar-refractivity contribution in [2.45, 2.75) is 19.9 Å². The maximum absolute atomic E-state index is 5.59. The molecular weight excluding hydrogens is 198 g/mol. The Kier molecular flexibility index (Phi) is 3.06. The van der Waals surface area contributed by atoms with Gasteiger partial charge in [0.15, 0.2) is 0 Å². The molecule has 84 valence electrons. The molecule has 0 saturated carbocycles. The largest absolute Gasteiger partial charge is 0.366 e. The first-order chi connectivity index (χ1) is 7.70. The average Bonchev–Trinajstić information content (AvgIpc) is 2.30. The van der Waals surface area contributed by atoms with Crippen LogP contribution in [-0.4, -0.2) is 17.6 Å². The standard InChI is InChI=1S/C13H17N3/c1-9-7-11-5-3-4-6-12(11)16-13(9)15-10(2)8-14/h3-7,10H,8,14H2,1-2H3,(H,15,16). The summed E-state index contributed by atoms with van der Waals surface area (Å²) in [6.45, 7) is 4.72. The van der Waals surface area contributed by atoms with E-state index < -0.39 is 0 Å². The summed E-state index contributed by atoms with van der Waals surface area (Å²) in [4.78, 5) is 4.60. The second kappa shape index (κ2) is 4.49. The van der Waals surface area contributed by atoms with Crippen molar-refractivity contribution >= 4 is 16.7 Å². The van der Waals surface area contributed by atoms with Crippen molar-refractivity contribution in [1.29, 1.82) is 0 Å². The second-order valence-electron chi connectivity index (χ2n) is 4.13. The molecule has 0 bridgehead atoms. The van der Waals surface area contributed by atoms with E-state index in [0.29, 0.717) is 6.54 Å². The van der Waals surface area contributed by atoms with Crippen molar-refractivity contribution in [2.24, 2.45) is 5.73 Å². The molecule has 0 amide bonds. The van der Waals surface area contributed by atoms with E-state index in [2.05, 4.69) is 36.3 Å². The molecule has 16 heavy (non-hydrogen) atoms. The quantitative estimate of drug-likeness (QED) is 0.826. The lowest BCUT2D eigenvalue weighted by atomic mass is 10.1. The molecule has 0 aliphatic carbocycles. The van der Waals surface area contributed by atoms with Gasteiger partial charge in [0.2, 0.25) is 0 Å². The molecule has 0 aliphatic heterocycles. The van der Waals surface area contributed by atoms with Gasteiger partial charge in [0.05, 0.1) is 5.52 Å². The number of benzene rings is 1. The average molecular weight is 215 g/mol. The van der Waals surface area contributed by atoms with Crippen LogP contribution >= 0.6 is 0 Å². The summed E-state index contributed by atoms with van der Waals surface area (Å²) in [6, 6.07) is 10.5. The van der Waals surface area contributed by atoms with E-state index in [9.17, 15) is 0 Å². The lowest BCUT2D eigenvalue weighted by Gasteiger charge is -2.14. The van der Waals surface area contributed by atoms with E-state index in [4.69, 9.17) is 5.73 Å². The minimum Gasteiger partial charge on any atom is -0.366 e. The summed E-state index contributed by atoms with van der Waals surface area (Å²) in [5.74, 6) is 0.927. The maximum atomic E-state index is 5.59. The van der Waals surface area contributed by atoms with Gasteiger partial charge in [-0.25, -0.2) is 4.98 Å². The van der Waals surface area contributed by atoms with Gasteiger partial charge in [-0.1, -0.05) is 18.2 Å². The molecule has 0 saturated heterocycles. The van der Waals surface area contributed by atoms with Gasteiger partial charge >= 0.3 is 0 Å². The summed E-state index contributed by atoms with van der Waals surface area (Å²) < 4.78 is 0. The number of pyridine rings is 1. The summed E-state index contributed by atoms with van der Waals surface area (Å²) in [6.07, 6.45) is 0. The highest BCUT2D eigenvalue weighted by atomic mass is 15.0. The van der Waals surface area contributed by atoms with Crippen LogP contribution in [0.1, 0.15) is 12.5 Å². The third kappa shape index (κ3) is 2.14. The number of nitrogens with zero attached hydrogens (tertiary/aromatic N) is 1. The van der Waals surface area contributed by atoms with Crippen molar-refractivity contribution in [3.8, 4) is 0 Å². The van der Waals surface area contributed by atoms with E-state index in [1.54, 1.807) is 0 Å². The summed E-state index contributed by atoms with van der Waals surface area (Å²) in [5.41, 5.74) is 7.76. The zero-order valence-electron chi connectivity index (χ0n) is 9.70. The zero-order chi connectivity index (χ0) is 11.5. The van der Waals surface area contributed by atoms with Crippen LogP contribution in [0, 0.1) is 6.92 Å².